The minimum atomic E-state index is 0.596. The third-order valence-corrected chi connectivity index (χ3v) is 5.73. The Morgan fingerprint density at radius 1 is 1.33 bits per heavy atom. The van der Waals surface area contributed by atoms with Crippen LogP contribution in [0.1, 0.15) is 38.9 Å². The van der Waals surface area contributed by atoms with Gasteiger partial charge in [-0.15, -0.1) is 0 Å². The van der Waals surface area contributed by atoms with E-state index in [4.69, 9.17) is 14.1 Å². The van der Waals surface area contributed by atoms with Crippen molar-refractivity contribution in [3.8, 4) is 0 Å². The molecule has 1 N–H and O–H groups in total. The van der Waals surface area contributed by atoms with Crippen molar-refractivity contribution >= 4 is 5.96 Å². The predicted octanol–water partition coefficient (Wildman–Crippen LogP) is 2.61. The van der Waals surface area contributed by atoms with E-state index in [-0.39, 0.29) is 0 Å². The van der Waals surface area contributed by atoms with E-state index >= 15 is 0 Å². The Morgan fingerprint density at radius 3 is 3.04 bits per heavy atom. The van der Waals surface area contributed by atoms with Crippen LogP contribution in [0.2, 0.25) is 0 Å². The lowest BCUT2D eigenvalue weighted by atomic mass is 10.1. The lowest BCUT2D eigenvalue weighted by molar-refractivity contribution is 0.114. The fourth-order valence-electron chi connectivity index (χ4n) is 4.18. The number of likely N-dealkylation sites (tertiary alicyclic amines) is 2. The van der Waals surface area contributed by atoms with Gasteiger partial charge in [-0.2, -0.15) is 0 Å². The van der Waals surface area contributed by atoms with Crippen molar-refractivity contribution in [2.45, 2.75) is 45.6 Å². The molecule has 2 fully saturated rings. The van der Waals surface area contributed by atoms with Crippen molar-refractivity contribution in [2.75, 3.05) is 52.5 Å². The van der Waals surface area contributed by atoms with Gasteiger partial charge >= 0.3 is 0 Å². The van der Waals surface area contributed by atoms with E-state index in [0.717, 1.165) is 64.1 Å². The van der Waals surface area contributed by atoms with E-state index in [1.807, 2.05) is 12.1 Å². The summed E-state index contributed by atoms with van der Waals surface area (Å²) in [5.74, 6) is 2.69. The molecule has 0 aromatic carbocycles. The second-order valence-corrected chi connectivity index (χ2v) is 7.61. The molecular weight excluding hydrogens is 340 g/mol. The Bertz CT molecular complexity index is 561. The van der Waals surface area contributed by atoms with Crippen LogP contribution in [0.5, 0.6) is 0 Å². The van der Waals surface area contributed by atoms with Gasteiger partial charge in [0.1, 0.15) is 5.76 Å². The Kier molecular flexibility index (Phi) is 8.02. The van der Waals surface area contributed by atoms with E-state index in [1.165, 1.54) is 25.8 Å². The standard InChI is InChI=1S/C21H36N4O2/c1-3-24-12-5-7-19(24)15-23-21(22-11-9-20-8-6-14-27-20)25-13-10-18(16-25)17-26-4-2/h6,8,14,18-19H,3-5,7,9-13,15-17H2,1-2H3,(H,22,23). The third-order valence-electron chi connectivity index (χ3n) is 5.73. The van der Waals surface area contributed by atoms with Crippen molar-refractivity contribution in [3.05, 3.63) is 24.2 Å². The zero-order valence-corrected chi connectivity index (χ0v) is 17.0. The van der Waals surface area contributed by atoms with E-state index in [1.54, 1.807) is 6.26 Å². The predicted molar refractivity (Wildman–Crippen MR) is 109 cm³/mol. The maximum Gasteiger partial charge on any atom is 0.194 e. The molecule has 6 nitrogen and oxygen atoms in total. The summed E-state index contributed by atoms with van der Waals surface area (Å²) in [6.07, 6.45) is 6.37. The van der Waals surface area contributed by atoms with Crippen LogP contribution < -0.4 is 5.32 Å². The smallest absolute Gasteiger partial charge is 0.194 e. The second-order valence-electron chi connectivity index (χ2n) is 7.61. The highest BCUT2D eigenvalue weighted by atomic mass is 16.5. The summed E-state index contributed by atoms with van der Waals surface area (Å²) in [4.78, 5) is 10.0. The minimum absolute atomic E-state index is 0.596. The fraction of sp³-hybridized carbons (Fsp3) is 0.762. The molecule has 2 atom stereocenters. The van der Waals surface area contributed by atoms with Crippen LogP contribution in [0.15, 0.2) is 27.8 Å². The summed E-state index contributed by atoms with van der Waals surface area (Å²) >= 11 is 0. The summed E-state index contributed by atoms with van der Waals surface area (Å²) in [5.41, 5.74) is 0. The van der Waals surface area contributed by atoms with Crippen molar-refractivity contribution in [1.82, 2.24) is 15.1 Å². The molecule has 2 saturated heterocycles. The highest BCUT2D eigenvalue weighted by Gasteiger charge is 2.26. The normalized spacial score (nSPS) is 24.1. The molecule has 2 aliphatic heterocycles. The number of rotatable bonds is 9. The number of nitrogens with one attached hydrogen (secondary N) is 1. The quantitative estimate of drug-likeness (QED) is 0.530. The topological polar surface area (TPSA) is 53.2 Å². The first-order valence-electron chi connectivity index (χ1n) is 10.7. The number of guanidine groups is 1. The van der Waals surface area contributed by atoms with Crippen LogP contribution >= 0.6 is 0 Å². The molecule has 6 heteroatoms. The molecule has 0 bridgehead atoms. The molecule has 0 saturated carbocycles. The average Bonchev–Trinajstić information content (AvgIpc) is 3.44. The first-order valence-corrected chi connectivity index (χ1v) is 10.7. The highest BCUT2D eigenvalue weighted by Crippen LogP contribution is 2.19. The highest BCUT2D eigenvalue weighted by molar-refractivity contribution is 5.80. The average molecular weight is 377 g/mol. The molecule has 0 amide bonds. The first kappa shape index (κ1) is 20.2. The Labute approximate surface area is 163 Å². The fourth-order valence-corrected chi connectivity index (χ4v) is 4.18. The molecule has 3 heterocycles. The monoisotopic (exact) mass is 376 g/mol. The number of furan rings is 1. The number of hydrogen-bond acceptors (Lipinski definition) is 4. The maximum atomic E-state index is 5.64. The Hall–Kier alpha value is -1.53. The maximum absolute atomic E-state index is 5.64. The van der Waals surface area contributed by atoms with Gasteiger partial charge in [0.25, 0.3) is 0 Å². The summed E-state index contributed by atoms with van der Waals surface area (Å²) in [6, 6.07) is 4.57. The lowest BCUT2D eigenvalue weighted by Gasteiger charge is -2.25. The van der Waals surface area contributed by atoms with Crippen LogP contribution in [0.4, 0.5) is 0 Å². The van der Waals surface area contributed by atoms with E-state index in [0.29, 0.717) is 12.0 Å². The molecule has 152 valence electrons. The summed E-state index contributed by atoms with van der Waals surface area (Å²) in [7, 11) is 0. The third kappa shape index (κ3) is 5.98. The summed E-state index contributed by atoms with van der Waals surface area (Å²) in [5, 5.41) is 3.59. The molecule has 0 spiro atoms. The second kappa shape index (κ2) is 10.7. The molecule has 0 aliphatic carbocycles. The first-order chi connectivity index (χ1) is 13.3. The van der Waals surface area contributed by atoms with Crippen molar-refractivity contribution in [3.63, 3.8) is 0 Å². The van der Waals surface area contributed by atoms with Crippen LogP contribution in [0.3, 0.4) is 0 Å². The lowest BCUT2D eigenvalue weighted by Crippen LogP contribution is -2.42. The van der Waals surface area contributed by atoms with Gasteiger partial charge in [-0.05, 0) is 51.4 Å². The molecule has 27 heavy (non-hydrogen) atoms. The largest absolute Gasteiger partial charge is 0.469 e. The number of likely N-dealkylation sites (N-methyl/N-ethyl adjacent to an activating group) is 1. The van der Waals surface area contributed by atoms with Crippen LogP contribution in [0, 0.1) is 5.92 Å². The van der Waals surface area contributed by atoms with Gasteiger partial charge < -0.3 is 19.4 Å². The SMILES string of the molecule is CCOCC1CCN(C(=NCC2CCCN2CC)NCCc2ccco2)C1. The molecule has 3 rings (SSSR count). The molecule has 1 aromatic heterocycles. The molecule has 2 aliphatic rings. The van der Waals surface area contributed by atoms with Gasteiger partial charge in [0.05, 0.1) is 19.4 Å². The molecule has 1 aromatic rings. The van der Waals surface area contributed by atoms with Gasteiger partial charge in [0, 0.05) is 44.6 Å². The number of aliphatic imine (C=N–C) groups is 1. The zero-order chi connectivity index (χ0) is 18.9. The van der Waals surface area contributed by atoms with Gasteiger partial charge in [-0.1, -0.05) is 6.92 Å². The molecule has 0 radical (unpaired) electrons. The number of ether oxygens (including phenoxy) is 1. The van der Waals surface area contributed by atoms with Gasteiger partial charge in [0.2, 0.25) is 0 Å². The molecular formula is C21H36N4O2. The Morgan fingerprint density at radius 2 is 2.26 bits per heavy atom. The number of nitrogens with zero attached hydrogens (tertiary/aromatic N) is 3. The van der Waals surface area contributed by atoms with E-state index in [2.05, 4.69) is 29.0 Å². The van der Waals surface area contributed by atoms with E-state index < -0.39 is 0 Å². The van der Waals surface area contributed by atoms with Gasteiger partial charge in [-0.3, -0.25) is 9.89 Å². The Balaban J connectivity index is 1.56. The van der Waals surface area contributed by atoms with Crippen LogP contribution in [-0.4, -0.2) is 74.3 Å². The minimum Gasteiger partial charge on any atom is -0.469 e. The van der Waals surface area contributed by atoms with E-state index in [9.17, 15) is 0 Å². The van der Waals surface area contributed by atoms with Crippen molar-refractivity contribution in [2.24, 2.45) is 10.9 Å². The van der Waals surface area contributed by atoms with Gasteiger partial charge in [0.15, 0.2) is 5.96 Å². The summed E-state index contributed by atoms with van der Waals surface area (Å²) in [6.45, 7) is 12.2. The zero-order valence-electron chi connectivity index (χ0n) is 17.0. The van der Waals surface area contributed by atoms with Crippen molar-refractivity contribution in [1.29, 1.82) is 0 Å². The summed E-state index contributed by atoms with van der Waals surface area (Å²) < 4.78 is 11.1. The van der Waals surface area contributed by atoms with Crippen LogP contribution in [0.25, 0.3) is 0 Å². The van der Waals surface area contributed by atoms with Crippen LogP contribution in [-0.2, 0) is 11.2 Å². The van der Waals surface area contributed by atoms with Crippen molar-refractivity contribution < 1.29 is 9.15 Å². The number of hydrogen-bond donors (Lipinski definition) is 1. The van der Waals surface area contributed by atoms with Gasteiger partial charge in [-0.25, -0.2) is 0 Å². The molecule has 2 unspecified atom stereocenters.